The molecule has 0 saturated carbocycles. The van der Waals surface area contributed by atoms with Gasteiger partial charge in [-0.25, -0.2) is 0 Å². The summed E-state index contributed by atoms with van der Waals surface area (Å²) in [6.45, 7) is 7.62. The van der Waals surface area contributed by atoms with Gasteiger partial charge in [0.1, 0.15) is 5.78 Å². The van der Waals surface area contributed by atoms with Crippen LogP contribution in [0, 0.1) is 0 Å². The fourth-order valence-corrected chi connectivity index (χ4v) is 0.352. The molecule has 0 spiro atoms. The van der Waals surface area contributed by atoms with Gasteiger partial charge in [0.05, 0.1) is 0 Å². The SMILES string of the molecule is CC.CCCC(C)=O.CN. The molecule has 0 saturated heterocycles. The Morgan fingerprint density at radius 2 is 1.60 bits per heavy atom. The Kier molecular flexibility index (Phi) is 38.2. The van der Waals surface area contributed by atoms with Crippen molar-refractivity contribution in [3.8, 4) is 0 Å². The number of rotatable bonds is 2. The molecule has 0 bridgehead atoms. The fraction of sp³-hybridized carbons (Fsp3) is 0.875. The van der Waals surface area contributed by atoms with Crippen LogP contribution in [-0.4, -0.2) is 12.8 Å². The zero-order valence-electron chi connectivity index (χ0n) is 7.90. The van der Waals surface area contributed by atoms with E-state index in [1.807, 2.05) is 20.8 Å². The minimum atomic E-state index is 0.289. The maximum absolute atomic E-state index is 10.0. The molecule has 0 aromatic heterocycles. The molecular formula is C8H21NO. The molecule has 0 heterocycles. The maximum Gasteiger partial charge on any atom is 0.129 e. The molecule has 64 valence electrons. The highest BCUT2D eigenvalue weighted by Gasteiger charge is 1.83. The van der Waals surface area contributed by atoms with E-state index >= 15 is 0 Å². The van der Waals surface area contributed by atoms with Crippen molar-refractivity contribution in [2.45, 2.75) is 40.5 Å². The van der Waals surface area contributed by atoms with E-state index in [1.165, 1.54) is 7.05 Å². The zero-order valence-corrected chi connectivity index (χ0v) is 7.90. The third-order valence-corrected chi connectivity index (χ3v) is 0.602. The summed E-state index contributed by atoms with van der Waals surface area (Å²) in [5, 5.41) is 0. The summed E-state index contributed by atoms with van der Waals surface area (Å²) in [4.78, 5) is 10.0. The number of Topliss-reactive ketones (excluding diaryl/α,β-unsaturated/α-hetero) is 1. The second kappa shape index (κ2) is 23.4. The standard InChI is InChI=1S/C5H10O.C2H6.CH5N/c1-3-4-5(2)6;2*1-2/h3-4H2,1-2H3;1-2H3;2H2,1H3. The first-order valence-electron chi connectivity index (χ1n) is 3.84. The van der Waals surface area contributed by atoms with Gasteiger partial charge in [0.2, 0.25) is 0 Å². The number of carbonyl (C=O) groups excluding carboxylic acids is 1. The Morgan fingerprint density at radius 3 is 1.60 bits per heavy atom. The Bertz CT molecular complexity index is 53.2. The lowest BCUT2D eigenvalue weighted by atomic mass is 10.3. The van der Waals surface area contributed by atoms with Gasteiger partial charge in [-0.1, -0.05) is 20.8 Å². The molecule has 2 N–H and O–H groups in total. The molecule has 0 atom stereocenters. The summed E-state index contributed by atoms with van der Waals surface area (Å²) < 4.78 is 0. The van der Waals surface area contributed by atoms with Gasteiger partial charge in [0, 0.05) is 6.42 Å². The van der Waals surface area contributed by atoms with Crippen LogP contribution in [0.5, 0.6) is 0 Å². The van der Waals surface area contributed by atoms with Crippen molar-refractivity contribution in [3.05, 3.63) is 0 Å². The van der Waals surface area contributed by atoms with E-state index in [0.29, 0.717) is 0 Å². The van der Waals surface area contributed by atoms with Gasteiger partial charge in [0.15, 0.2) is 0 Å². The van der Waals surface area contributed by atoms with Crippen molar-refractivity contribution >= 4 is 5.78 Å². The summed E-state index contributed by atoms with van der Waals surface area (Å²) in [6, 6.07) is 0. The van der Waals surface area contributed by atoms with Crippen LogP contribution in [-0.2, 0) is 4.79 Å². The Labute approximate surface area is 64.8 Å². The minimum absolute atomic E-state index is 0.289. The van der Waals surface area contributed by atoms with Gasteiger partial charge in [-0.15, -0.1) is 0 Å². The third-order valence-electron chi connectivity index (χ3n) is 0.602. The number of ketones is 1. The monoisotopic (exact) mass is 147 g/mol. The highest BCUT2D eigenvalue weighted by molar-refractivity contribution is 5.75. The van der Waals surface area contributed by atoms with Crippen LogP contribution in [0.3, 0.4) is 0 Å². The van der Waals surface area contributed by atoms with Crippen LogP contribution in [0.1, 0.15) is 40.5 Å². The Hall–Kier alpha value is -0.370. The average molecular weight is 147 g/mol. The van der Waals surface area contributed by atoms with E-state index in [4.69, 9.17) is 0 Å². The molecule has 2 heteroatoms. The molecule has 0 amide bonds. The molecule has 0 aliphatic heterocycles. The van der Waals surface area contributed by atoms with E-state index in [-0.39, 0.29) is 5.78 Å². The average Bonchev–Trinajstić information content (AvgIpc) is 1.96. The first-order chi connectivity index (χ1) is 4.77. The third kappa shape index (κ3) is 48.5. The second-order valence-corrected chi connectivity index (χ2v) is 1.45. The molecule has 0 aliphatic rings. The Morgan fingerprint density at radius 1 is 1.30 bits per heavy atom. The number of carbonyl (C=O) groups is 1. The summed E-state index contributed by atoms with van der Waals surface area (Å²) in [7, 11) is 1.50. The minimum Gasteiger partial charge on any atom is -0.333 e. The lowest BCUT2D eigenvalue weighted by Gasteiger charge is -1.80. The van der Waals surface area contributed by atoms with Gasteiger partial charge in [-0.05, 0) is 20.4 Å². The molecule has 0 unspecified atom stereocenters. The largest absolute Gasteiger partial charge is 0.333 e. The summed E-state index contributed by atoms with van der Waals surface area (Å²) in [5.74, 6) is 0.289. The fourth-order valence-electron chi connectivity index (χ4n) is 0.352. The van der Waals surface area contributed by atoms with Crippen molar-refractivity contribution in [2.24, 2.45) is 5.73 Å². The topological polar surface area (TPSA) is 43.1 Å². The van der Waals surface area contributed by atoms with Crippen molar-refractivity contribution in [1.82, 2.24) is 0 Å². The molecule has 0 fully saturated rings. The predicted octanol–water partition coefficient (Wildman–Crippen LogP) is 1.98. The molecule has 0 aromatic rings. The van der Waals surface area contributed by atoms with Gasteiger partial charge in [-0.3, -0.25) is 0 Å². The molecule has 0 aromatic carbocycles. The number of hydrogen-bond donors (Lipinski definition) is 1. The number of nitrogens with two attached hydrogens (primary N) is 1. The molecule has 0 aliphatic carbocycles. The smallest absolute Gasteiger partial charge is 0.129 e. The van der Waals surface area contributed by atoms with Crippen molar-refractivity contribution < 1.29 is 4.79 Å². The van der Waals surface area contributed by atoms with Gasteiger partial charge < -0.3 is 10.5 Å². The maximum atomic E-state index is 10.0. The molecule has 2 nitrogen and oxygen atoms in total. The van der Waals surface area contributed by atoms with Crippen molar-refractivity contribution in [2.75, 3.05) is 7.05 Å². The summed E-state index contributed by atoms with van der Waals surface area (Å²) in [5.41, 5.74) is 4.50. The summed E-state index contributed by atoms with van der Waals surface area (Å²) in [6.07, 6.45) is 1.72. The Balaban J connectivity index is -0.000000105. The van der Waals surface area contributed by atoms with Gasteiger partial charge in [-0.2, -0.15) is 0 Å². The van der Waals surface area contributed by atoms with E-state index in [0.717, 1.165) is 12.8 Å². The highest BCUT2D eigenvalue weighted by Crippen LogP contribution is 1.84. The van der Waals surface area contributed by atoms with Crippen LogP contribution in [0.4, 0.5) is 0 Å². The van der Waals surface area contributed by atoms with E-state index in [2.05, 4.69) is 5.73 Å². The zero-order chi connectivity index (χ0) is 8.99. The van der Waals surface area contributed by atoms with Crippen LogP contribution >= 0.6 is 0 Å². The molecule has 0 rings (SSSR count). The lowest BCUT2D eigenvalue weighted by molar-refractivity contribution is -0.117. The molecular weight excluding hydrogens is 126 g/mol. The predicted molar refractivity (Wildman–Crippen MR) is 47.0 cm³/mol. The first-order valence-corrected chi connectivity index (χ1v) is 3.84. The van der Waals surface area contributed by atoms with E-state index in [1.54, 1.807) is 6.92 Å². The van der Waals surface area contributed by atoms with Gasteiger partial charge >= 0.3 is 0 Å². The van der Waals surface area contributed by atoms with E-state index in [9.17, 15) is 4.79 Å². The first kappa shape index (κ1) is 16.3. The quantitative estimate of drug-likeness (QED) is 0.649. The highest BCUT2D eigenvalue weighted by atomic mass is 16.1. The van der Waals surface area contributed by atoms with Gasteiger partial charge in [0.25, 0.3) is 0 Å². The number of hydrogen-bond acceptors (Lipinski definition) is 2. The van der Waals surface area contributed by atoms with Crippen molar-refractivity contribution in [1.29, 1.82) is 0 Å². The molecule has 10 heavy (non-hydrogen) atoms. The normalized spacial score (nSPS) is 6.20. The lowest BCUT2D eigenvalue weighted by Crippen LogP contribution is -1.84. The second-order valence-electron chi connectivity index (χ2n) is 1.45. The van der Waals surface area contributed by atoms with Crippen LogP contribution in [0.25, 0.3) is 0 Å². The molecule has 0 radical (unpaired) electrons. The summed E-state index contributed by atoms with van der Waals surface area (Å²) >= 11 is 0. The van der Waals surface area contributed by atoms with Crippen molar-refractivity contribution in [3.63, 3.8) is 0 Å². The van der Waals surface area contributed by atoms with Crippen LogP contribution in [0.2, 0.25) is 0 Å². The van der Waals surface area contributed by atoms with Crippen LogP contribution in [0.15, 0.2) is 0 Å². The van der Waals surface area contributed by atoms with Crippen LogP contribution < -0.4 is 5.73 Å². The van der Waals surface area contributed by atoms with E-state index < -0.39 is 0 Å².